The molecule has 0 amide bonds. The summed E-state index contributed by atoms with van der Waals surface area (Å²) in [6.07, 6.45) is -25.3. The van der Waals surface area contributed by atoms with Gasteiger partial charge in [0.2, 0.25) is 0 Å². The molecule has 0 aromatic heterocycles. The van der Waals surface area contributed by atoms with Crippen LogP contribution in [-0.4, -0.2) is 190 Å². The molecule has 0 spiro atoms. The van der Waals surface area contributed by atoms with Gasteiger partial charge in [-0.3, -0.25) is 0 Å². The summed E-state index contributed by atoms with van der Waals surface area (Å²) in [5.74, 6) is -35.9. The maximum Gasteiger partial charge on any atom is 0.157 e. The zero-order chi connectivity index (χ0) is 89.6. The molecule has 650 valence electrons. The second-order valence-corrected chi connectivity index (χ2v) is 31.6. The molecule has 12 aromatic rings. The van der Waals surface area contributed by atoms with Gasteiger partial charge in [-0.05, 0) is 106 Å². The van der Waals surface area contributed by atoms with E-state index in [0.29, 0.717) is 24.3 Å². The summed E-state index contributed by atoms with van der Waals surface area (Å²) < 4.78 is 39.9. The van der Waals surface area contributed by atoms with Gasteiger partial charge < -0.3 is 182 Å². The van der Waals surface area contributed by atoms with Gasteiger partial charge in [0.15, 0.2) is 99.5 Å². The number of aliphatic hydroxyl groups is 6. The zero-order valence-electron chi connectivity index (χ0n) is 64.3. The average Bonchev–Trinajstić information content (AvgIpc) is 0.704. The second-order valence-electron chi connectivity index (χ2n) is 31.6. The van der Waals surface area contributed by atoms with Crippen LogP contribution >= 0.6 is 0 Å². The fourth-order valence-corrected chi connectivity index (χ4v) is 18.6. The molecule has 12 aromatic carbocycles. The van der Waals surface area contributed by atoms with E-state index in [2.05, 4.69) is 0 Å². The van der Waals surface area contributed by atoms with E-state index in [1.807, 2.05) is 0 Å². The van der Waals surface area contributed by atoms with Crippen LogP contribution in [0.25, 0.3) is 0 Å². The predicted octanol–water partition coefficient (Wildman–Crippen LogP) is 8.79. The Bertz CT molecular complexity index is 6550. The van der Waals surface area contributed by atoms with Crippen molar-refractivity contribution in [2.24, 2.45) is 0 Å². The lowest BCUT2D eigenvalue weighted by Gasteiger charge is -2.45. The van der Waals surface area contributed by atoms with Crippen LogP contribution in [0.15, 0.2) is 152 Å². The molecule has 0 fully saturated rings. The summed E-state index contributed by atoms with van der Waals surface area (Å²) in [5, 5.41) is 360. The SMILES string of the molecule is Oc1cc(O)c2c(c1)O[C@H](c1ccc(O)c(O)c1)[C@H](O)C2c1c(O)cc(O)c2c1O[C@H](c1ccc(O)c(O)c1)[C@H](O)C2c1c(O)cc(O)c2c1O[C@H](c1ccc(O)c(O)c1)[C@H](O)C2c1c(O)cc(O)c2c1O[C@H](c1ccc(O)c(O)c1)[C@H](O)C2c1c(O)cc(O)c2c1O[C@H](c1ccc(O)c(O)c1)[C@H](O)C2c1c(O)cc(O)c2c1O[C@H](c1ccc(O)c(O)c1)[C@@H](O)C2. The lowest BCUT2D eigenvalue weighted by atomic mass is 9.70. The Hall–Kier alpha value is -15.6. The van der Waals surface area contributed by atoms with Crippen molar-refractivity contribution in [2.75, 3.05) is 0 Å². The third-order valence-electron chi connectivity index (χ3n) is 24.3. The van der Waals surface area contributed by atoms with Gasteiger partial charge in [0.05, 0.1) is 35.7 Å². The molecule has 5 unspecified atom stereocenters. The van der Waals surface area contributed by atoms with Crippen molar-refractivity contribution < 1.29 is 182 Å². The van der Waals surface area contributed by atoms with Gasteiger partial charge in [0, 0.05) is 110 Å². The monoisotopic (exact) mass is 1730 g/mol. The minimum atomic E-state index is -2.44. The molecular formula is C90H74O36. The van der Waals surface area contributed by atoms with E-state index < -0.39 is 337 Å². The molecule has 30 N–H and O–H groups in total. The first-order chi connectivity index (χ1) is 59.9. The number of rotatable bonds is 11. The van der Waals surface area contributed by atoms with Gasteiger partial charge in [-0.25, -0.2) is 0 Å². The van der Waals surface area contributed by atoms with Crippen LogP contribution in [-0.2, 0) is 6.42 Å². The molecule has 17 atom stereocenters. The van der Waals surface area contributed by atoms with Crippen LogP contribution in [0.4, 0.5) is 0 Å². The van der Waals surface area contributed by atoms with Crippen LogP contribution in [0.2, 0.25) is 0 Å². The molecule has 36 heteroatoms. The number of aromatic hydroxyl groups is 24. The molecule has 0 aliphatic carbocycles. The average molecular weight is 1730 g/mol. The normalized spacial score (nSPS) is 24.3. The third-order valence-corrected chi connectivity index (χ3v) is 24.3. The molecule has 0 bridgehead atoms. The summed E-state index contributed by atoms with van der Waals surface area (Å²) in [6.45, 7) is 0. The molecule has 0 saturated heterocycles. The molecule has 6 aliphatic heterocycles. The minimum Gasteiger partial charge on any atom is -0.508 e. The van der Waals surface area contributed by atoms with Gasteiger partial charge in [0.25, 0.3) is 0 Å². The van der Waals surface area contributed by atoms with E-state index in [-0.39, 0.29) is 38.9 Å². The number of aliphatic hydroxyl groups excluding tert-OH is 6. The first kappa shape index (κ1) is 81.4. The number of hydrogen-bond donors (Lipinski definition) is 30. The van der Waals surface area contributed by atoms with Crippen molar-refractivity contribution in [3.63, 3.8) is 0 Å². The van der Waals surface area contributed by atoms with Gasteiger partial charge in [-0.15, -0.1) is 0 Å². The first-order valence-electron chi connectivity index (χ1n) is 38.6. The molecule has 126 heavy (non-hydrogen) atoms. The summed E-state index contributed by atoms with van der Waals surface area (Å²) in [4.78, 5) is 0. The van der Waals surface area contributed by atoms with Crippen LogP contribution in [0.5, 0.6) is 172 Å². The van der Waals surface area contributed by atoms with E-state index in [4.69, 9.17) is 28.4 Å². The lowest BCUT2D eigenvalue weighted by molar-refractivity contribution is -0.0110. The van der Waals surface area contributed by atoms with Crippen molar-refractivity contribution in [1.82, 2.24) is 0 Å². The highest BCUT2D eigenvalue weighted by Gasteiger charge is 2.57. The van der Waals surface area contributed by atoms with Gasteiger partial charge in [0.1, 0.15) is 140 Å². The Morgan fingerprint density at radius 1 is 0.183 bits per heavy atom. The zero-order valence-corrected chi connectivity index (χ0v) is 64.3. The van der Waals surface area contributed by atoms with E-state index in [0.717, 1.165) is 115 Å². The summed E-state index contributed by atoms with van der Waals surface area (Å²) in [7, 11) is 0. The predicted molar refractivity (Wildman–Crippen MR) is 426 cm³/mol. The van der Waals surface area contributed by atoms with E-state index in [9.17, 15) is 153 Å². The largest absolute Gasteiger partial charge is 0.508 e. The number of phenols is 24. The third kappa shape index (κ3) is 12.6. The van der Waals surface area contributed by atoms with Gasteiger partial charge in [-0.1, -0.05) is 36.4 Å². The molecule has 0 saturated carbocycles. The van der Waals surface area contributed by atoms with Crippen molar-refractivity contribution in [1.29, 1.82) is 0 Å². The van der Waals surface area contributed by atoms with E-state index in [1.54, 1.807) is 0 Å². The first-order valence-corrected chi connectivity index (χ1v) is 38.6. The highest BCUT2D eigenvalue weighted by Crippen LogP contribution is 2.69. The number of hydrogen-bond acceptors (Lipinski definition) is 36. The molecule has 6 aliphatic rings. The number of fused-ring (bicyclic) bond motifs is 6. The standard InChI is InChI=1S/C90H74O36/c91-33-19-48(105)60-59(20-33)121-81(28-2-8-36(93)43(100)14-28)75(116)70(60)62-50(107)23-52(109)64-72(77(118)83(123-87(62)64)30-4-10-38(95)45(102)16-30)66-54(111)25-56(113)68-74(79(120)85(125-89(66)68)32-6-12-40(97)47(104)18-32)69-57(114)26-55(112)67-73(78(119)84(126-90(67)69)31-5-11-39(96)46(103)17-31)65-53(110)24-51(108)63-71(76(117)82(124-88(63)65)29-3-9-37(94)44(101)15-29)61-49(106)22-41(98)34-21-58(115)80(122-86(34)61)27-1-7-35(92)42(99)13-27/h1-20,22-26,58,70-85,91-120H,21H2/t58-,70?,71?,72?,73?,74?,75+,76+,77+,78+,79+,80+,81+,82+,83+,84+,85+/m0/s1. The van der Waals surface area contributed by atoms with E-state index >= 15 is 0 Å². The van der Waals surface area contributed by atoms with Gasteiger partial charge in [-0.2, -0.15) is 0 Å². The number of ether oxygens (including phenoxy) is 6. The molecule has 36 nitrogen and oxygen atoms in total. The molecule has 6 heterocycles. The van der Waals surface area contributed by atoms with E-state index in [1.165, 1.54) is 12.1 Å². The Morgan fingerprint density at radius 3 is 0.643 bits per heavy atom. The van der Waals surface area contributed by atoms with Crippen molar-refractivity contribution >= 4 is 0 Å². The quantitative estimate of drug-likeness (QED) is 0.0538. The van der Waals surface area contributed by atoms with Crippen molar-refractivity contribution in [3.05, 3.63) is 246 Å². The van der Waals surface area contributed by atoms with Crippen molar-refractivity contribution in [3.8, 4) is 172 Å². The highest BCUT2D eigenvalue weighted by atomic mass is 16.5. The summed E-state index contributed by atoms with van der Waals surface area (Å²) in [5.41, 5.74) is -8.39. The number of benzene rings is 12. The van der Waals surface area contributed by atoms with Crippen LogP contribution in [0.3, 0.4) is 0 Å². The van der Waals surface area contributed by atoms with Crippen LogP contribution in [0.1, 0.15) is 161 Å². The van der Waals surface area contributed by atoms with Crippen molar-refractivity contribution in [2.45, 2.75) is 109 Å². The number of phenolic OH excluding ortho intramolecular Hbond substituents is 24. The smallest absolute Gasteiger partial charge is 0.157 e. The molecular weight excluding hydrogens is 1660 g/mol. The topological polar surface area (TPSA) is 662 Å². The minimum absolute atomic E-state index is 0.00514. The highest BCUT2D eigenvalue weighted by molar-refractivity contribution is 5.77. The molecule has 18 rings (SSSR count). The Kier molecular flexibility index (Phi) is 19.1. The Balaban J connectivity index is 0.896. The fourth-order valence-electron chi connectivity index (χ4n) is 18.6. The van der Waals surface area contributed by atoms with Crippen LogP contribution < -0.4 is 28.4 Å². The fraction of sp³-hybridized carbons (Fsp3) is 0.200. The summed E-state index contributed by atoms with van der Waals surface area (Å²) >= 11 is 0. The Labute approximate surface area is 706 Å². The van der Waals surface area contributed by atoms with Crippen LogP contribution in [0, 0.1) is 0 Å². The maximum absolute atomic E-state index is 13.7. The second kappa shape index (κ2) is 29.6. The summed E-state index contributed by atoms with van der Waals surface area (Å²) in [6, 6.07) is 23.6. The lowest BCUT2D eigenvalue weighted by Crippen LogP contribution is -2.40. The Morgan fingerprint density at radius 2 is 0.389 bits per heavy atom. The molecule has 0 radical (unpaired) electrons. The maximum atomic E-state index is 13.7. The van der Waals surface area contributed by atoms with Gasteiger partial charge >= 0.3 is 0 Å².